The molecule has 2 aromatic rings. The molecule has 2 aliphatic rings. The summed E-state index contributed by atoms with van der Waals surface area (Å²) in [5, 5.41) is 0. The van der Waals surface area contributed by atoms with E-state index in [4.69, 9.17) is 0 Å². The Morgan fingerprint density at radius 3 is 2.21 bits per heavy atom. The third-order valence-electron chi connectivity index (χ3n) is 5.99. The number of rotatable bonds is 2. The first-order valence-electron chi connectivity index (χ1n) is 9.87. The van der Waals surface area contributed by atoms with Crippen LogP contribution in [-0.4, -0.2) is 38.5 Å². The highest BCUT2D eigenvalue weighted by Crippen LogP contribution is 2.50. The van der Waals surface area contributed by atoms with Gasteiger partial charge in [-0.1, -0.05) is 57.7 Å². The van der Waals surface area contributed by atoms with Crippen molar-refractivity contribution in [3.8, 4) is 0 Å². The highest BCUT2D eigenvalue weighted by atomic mass is 15.1. The summed E-state index contributed by atoms with van der Waals surface area (Å²) in [6.45, 7) is 4.70. The molecule has 0 heterocycles. The molecule has 0 N–H and O–H groups in total. The molecular formula is C27H33N2+. The number of allylic oxidation sites excluding steroid dienone is 5. The van der Waals surface area contributed by atoms with Gasteiger partial charge >= 0.3 is 0 Å². The minimum absolute atomic E-state index is 0. The normalized spacial score (nSPS) is 16.5. The van der Waals surface area contributed by atoms with Gasteiger partial charge in [0.25, 0.3) is 0 Å². The number of hydrogen-bond donors (Lipinski definition) is 0. The maximum Gasteiger partial charge on any atom is 0.199 e. The largest absolute Gasteiger partial charge is 0.378 e. The second-order valence-electron chi connectivity index (χ2n) is 8.61. The molecule has 2 aromatic carbocycles. The van der Waals surface area contributed by atoms with Gasteiger partial charge in [-0.25, -0.2) is 4.58 Å². The molecule has 0 bridgehead atoms. The molecule has 0 saturated carbocycles. The van der Waals surface area contributed by atoms with Gasteiger partial charge in [-0.05, 0) is 51.6 Å². The Labute approximate surface area is 176 Å². The van der Waals surface area contributed by atoms with Crippen LogP contribution >= 0.6 is 0 Å². The van der Waals surface area contributed by atoms with E-state index in [2.05, 4.69) is 118 Å². The molecule has 0 atom stereocenters. The summed E-state index contributed by atoms with van der Waals surface area (Å²) >= 11 is 0. The van der Waals surface area contributed by atoms with Crippen molar-refractivity contribution in [2.45, 2.75) is 26.7 Å². The predicted octanol–water partition coefficient (Wildman–Crippen LogP) is 5.69. The summed E-state index contributed by atoms with van der Waals surface area (Å²) in [7, 11) is 8.43. The second kappa shape index (κ2) is 7.51. The first-order chi connectivity index (χ1) is 13.3. The summed E-state index contributed by atoms with van der Waals surface area (Å²) in [5.74, 6) is 0. The molecule has 0 spiro atoms. The Bertz CT molecular complexity index is 1060. The van der Waals surface area contributed by atoms with Crippen LogP contribution in [0.15, 0.2) is 77.9 Å². The van der Waals surface area contributed by atoms with Crippen LogP contribution in [0, 0.1) is 0 Å². The summed E-state index contributed by atoms with van der Waals surface area (Å²) in [6, 6.07) is 17.7. The van der Waals surface area contributed by atoms with E-state index in [0.29, 0.717) is 0 Å². The van der Waals surface area contributed by atoms with Gasteiger partial charge in [0.1, 0.15) is 14.1 Å². The van der Waals surface area contributed by atoms with E-state index in [1.54, 1.807) is 0 Å². The molecule has 150 valence electrons. The van der Waals surface area contributed by atoms with Crippen molar-refractivity contribution in [3.05, 3.63) is 94.6 Å². The minimum Gasteiger partial charge on any atom is -0.378 e. The molecule has 0 aromatic heterocycles. The lowest BCUT2D eigenvalue weighted by molar-refractivity contribution is -0.462. The van der Waals surface area contributed by atoms with Crippen molar-refractivity contribution in [1.82, 2.24) is 0 Å². The van der Waals surface area contributed by atoms with Crippen LogP contribution in [0.2, 0.25) is 0 Å². The number of anilines is 1. The van der Waals surface area contributed by atoms with E-state index in [0.717, 1.165) is 0 Å². The van der Waals surface area contributed by atoms with Gasteiger partial charge in [0, 0.05) is 37.3 Å². The van der Waals surface area contributed by atoms with Crippen LogP contribution in [0.4, 0.5) is 5.69 Å². The van der Waals surface area contributed by atoms with E-state index in [1.807, 2.05) is 0 Å². The second-order valence-corrected chi connectivity index (χ2v) is 8.61. The number of benzene rings is 2. The maximum atomic E-state index is 2.36. The Balaban J connectivity index is 0.00000240. The van der Waals surface area contributed by atoms with Gasteiger partial charge in [0.2, 0.25) is 0 Å². The van der Waals surface area contributed by atoms with Crippen molar-refractivity contribution in [3.63, 3.8) is 0 Å². The number of hydrogen-bond acceptors (Lipinski definition) is 1. The third kappa shape index (κ3) is 3.37. The van der Waals surface area contributed by atoms with Gasteiger partial charge < -0.3 is 4.90 Å². The van der Waals surface area contributed by atoms with Crippen molar-refractivity contribution in [2.75, 3.05) is 33.1 Å². The first-order valence-corrected chi connectivity index (χ1v) is 9.87. The van der Waals surface area contributed by atoms with Crippen LogP contribution < -0.4 is 4.90 Å². The third-order valence-corrected chi connectivity index (χ3v) is 5.99. The van der Waals surface area contributed by atoms with Crippen molar-refractivity contribution in [2.24, 2.45) is 0 Å². The standard InChI is InChI=1S/C26H29N2.CH4/c1-26(2)23-16-19(27(3)4)12-14-21(23)25(18-10-8-7-9-11-18)22-15-13-20(28(5)6)17-24(22)26;/h7-17H,1-6H3;1H4/q+1;. The summed E-state index contributed by atoms with van der Waals surface area (Å²) in [6.07, 6.45) is 6.90. The monoisotopic (exact) mass is 385 g/mol. The summed E-state index contributed by atoms with van der Waals surface area (Å²) in [5.41, 5.74) is 10.5. The van der Waals surface area contributed by atoms with E-state index >= 15 is 0 Å². The molecule has 2 aliphatic carbocycles. The fourth-order valence-corrected chi connectivity index (χ4v) is 4.30. The smallest absolute Gasteiger partial charge is 0.199 e. The van der Waals surface area contributed by atoms with Crippen molar-refractivity contribution < 1.29 is 4.58 Å². The van der Waals surface area contributed by atoms with Crippen LogP contribution in [0.3, 0.4) is 0 Å². The lowest BCUT2D eigenvalue weighted by Crippen LogP contribution is -2.30. The topological polar surface area (TPSA) is 6.25 Å². The van der Waals surface area contributed by atoms with Gasteiger partial charge in [0.15, 0.2) is 5.71 Å². The summed E-state index contributed by atoms with van der Waals surface area (Å²) in [4.78, 5) is 2.18. The number of fused-ring (bicyclic) bond motifs is 2. The molecule has 2 nitrogen and oxygen atoms in total. The summed E-state index contributed by atoms with van der Waals surface area (Å²) < 4.78 is 2.18. The average Bonchev–Trinajstić information content (AvgIpc) is 2.68. The molecule has 0 unspecified atom stereocenters. The first kappa shape index (κ1) is 20.9. The van der Waals surface area contributed by atoms with Crippen LogP contribution in [0.5, 0.6) is 0 Å². The lowest BCUT2D eigenvalue weighted by Gasteiger charge is -2.39. The molecule has 4 rings (SSSR count). The molecule has 0 radical (unpaired) electrons. The zero-order chi connectivity index (χ0) is 20.1. The Kier molecular flexibility index (Phi) is 5.40. The molecular weight excluding hydrogens is 352 g/mol. The van der Waals surface area contributed by atoms with Gasteiger partial charge in [-0.3, -0.25) is 0 Å². The van der Waals surface area contributed by atoms with E-state index in [-0.39, 0.29) is 12.8 Å². The molecule has 0 fully saturated rings. The molecule has 0 saturated heterocycles. The van der Waals surface area contributed by atoms with E-state index in [9.17, 15) is 0 Å². The lowest BCUT2D eigenvalue weighted by atomic mass is 9.64. The maximum absolute atomic E-state index is 2.36. The number of nitrogens with zero attached hydrogens (tertiary/aromatic N) is 2. The fraction of sp³-hybridized carbons (Fsp3) is 0.296. The zero-order valence-corrected chi connectivity index (χ0v) is 17.7. The fourth-order valence-electron chi connectivity index (χ4n) is 4.30. The van der Waals surface area contributed by atoms with Gasteiger partial charge in [0.05, 0.1) is 0 Å². The minimum atomic E-state index is -0.0685. The van der Waals surface area contributed by atoms with Crippen LogP contribution in [0.1, 0.15) is 38.0 Å². The quantitative estimate of drug-likeness (QED) is 0.602. The highest BCUT2D eigenvalue weighted by molar-refractivity contribution is 6.06. The van der Waals surface area contributed by atoms with Crippen molar-refractivity contribution in [1.29, 1.82) is 0 Å². The van der Waals surface area contributed by atoms with Crippen LogP contribution in [0.25, 0.3) is 5.57 Å². The van der Waals surface area contributed by atoms with Crippen molar-refractivity contribution >= 4 is 17.0 Å². The van der Waals surface area contributed by atoms with Gasteiger partial charge in [-0.15, -0.1) is 0 Å². The molecule has 29 heavy (non-hydrogen) atoms. The molecule has 0 aliphatic heterocycles. The van der Waals surface area contributed by atoms with Gasteiger partial charge in [-0.2, -0.15) is 0 Å². The molecule has 0 amide bonds. The van der Waals surface area contributed by atoms with E-state index in [1.165, 1.54) is 44.8 Å². The average molecular weight is 386 g/mol. The zero-order valence-electron chi connectivity index (χ0n) is 17.7. The Morgan fingerprint density at radius 1 is 0.897 bits per heavy atom. The Hall–Kier alpha value is -2.87. The predicted molar refractivity (Wildman–Crippen MR) is 127 cm³/mol. The van der Waals surface area contributed by atoms with Crippen LogP contribution in [-0.2, 0) is 5.41 Å². The van der Waals surface area contributed by atoms with E-state index < -0.39 is 0 Å². The SMILES string of the molecule is C.CN(C)c1ccc2c(c1)C(C)(C)C1=CC(=[N+](C)C)C=CC1=C2c1ccccc1. The molecule has 2 heteroatoms. The Morgan fingerprint density at radius 2 is 1.59 bits per heavy atom. The highest BCUT2D eigenvalue weighted by Gasteiger charge is 2.38.